The molecule has 0 saturated heterocycles. The van der Waals surface area contributed by atoms with E-state index in [9.17, 15) is 0 Å². The van der Waals surface area contributed by atoms with Crippen LogP contribution in [0, 0.1) is 0 Å². The lowest BCUT2D eigenvalue weighted by molar-refractivity contribution is 0.0418. The average molecular weight is 234 g/mol. The Hall–Kier alpha value is -1.42. The summed E-state index contributed by atoms with van der Waals surface area (Å²) >= 11 is 0. The van der Waals surface area contributed by atoms with Gasteiger partial charge in [-0.2, -0.15) is 0 Å². The van der Waals surface area contributed by atoms with Gasteiger partial charge in [0, 0.05) is 12.4 Å². The maximum Gasteiger partial charge on any atom is 0.0582 e. The second kappa shape index (κ2) is 6.35. The second-order valence-electron chi connectivity index (χ2n) is 4.35. The van der Waals surface area contributed by atoms with E-state index in [0.717, 1.165) is 44.4 Å². The number of hydrogen-bond donors (Lipinski definition) is 1. The Bertz CT molecular complexity index is 355. The van der Waals surface area contributed by atoms with Gasteiger partial charge < -0.3 is 9.94 Å². The lowest BCUT2D eigenvalue weighted by Gasteiger charge is -2.22. The molecule has 0 aromatic carbocycles. The van der Waals surface area contributed by atoms with Gasteiger partial charge in [0.15, 0.2) is 0 Å². The first-order valence-corrected chi connectivity index (χ1v) is 6.09. The summed E-state index contributed by atoms with van der Waals surface area (Å²) in [5, 5.41) is 11.9. The van der Waals surface area contributed by atoms with Gasteiger partial charge in [-0.15, -0.1) is 0 Å². The Morgan fingerprint density at radius 3 is 2.88 bits per heavy atom. The van der Waals surface area contributed by atoms with Crippen LogP contribution in [0.25, 0.3) is 0 Å². The fourth-order valence-electron chi connectivity index (χ4n) is 2.08. The van der Waals surface area contributed by atoms with Gasteiger partial charge in [0.1, 0.15) is 0 Å². The minimum Gasteiger partial charge on any atom is -0.411 e. The third kappa shape index (κ3) is 3.82. The molecule has 4 nitrogen and oxygen atoms in total. The monoisotopic (exact) mass is 234 g/mol. The molecule has 1 fully saturated rings. The van der Waals surface area contributed by atoms with Crippen molar-refractivity contribution in [1.82, 2.24) is 4.98 Å². The van der Waals surface area contributed by atoms with Crippen molar-refractivity contribution in [3.63, 3.8) is 0 Å². The number of hydrogen-bond acceptors (Lipinski definition) is 4. The fourth-order valence-corrected chi connectivity index (χ4v) is 2.08. The molecular formula is C13H18N2O2. The quantitative estimate of drug-likeness (QED) is 0.643. The van der Waals surface area contributed by atoms with Crippen molar-refractivity contribution < 1.29 is 9.94 Å². The Kier molecular flexibility index (Phi) is 4.50. The normalized spacial score (nSPS) is 20.2. The third-order valence-corrected chi connectivity index (χ3v) is 3.12. The van der Waals surface area contributed by atoms with E-state index in [1.165, 1.54) is 5.56 Å². The molecule has 1 saturated carbocycles. The molecule has 4 heteroatoms. The van der Waals surface area contributed by atoms with Crippen LogP contribution in [0.5, 0.6) is 0 Å². The summed E-state index contributed by atoms with van der Waals surface area (Å²) in [4.78, 5) is 4.07. The number of nitrogens with zero attached hydrogens (tertiary/aromatic N) is 2. The third-order valence-electron chi connectivity index (χ3n) is 3.12. The standard InChI is InChI=1S/C13H18N2O2/c16-15-12-3-5-13(6-4-12)17-9-7-11-2-1-8-14-10-11/h1-2,8,10,13,16H,3-7,9H2. The van der Waals surface area contributed by atoms with Gasteiger partial charge in [0.05, 0.1) is 18.4 Å². The zero-order valence-corrected chi connectivity index (χ0v) is 9.88. The molecule has 17 heavy (non-hydrogen) atoms. The minimum absolute atomic E-state index is 0.317. The Morgan fingerprint density at radius 2 is 2.24 bits per heavy atom. The Morgan fingerprint density at radius 1 is 1.41 bits per heavy atom. The molecular weight excluding hydrogens is 216 g/mol. The molecule has 0 radical (unpaired) electrons. The van der Waals surface area contributed by atoms with Crippen molar-refractivity contribution in [3.05, 3.63) is 30.1 Å². The van der Waals surface area contributed by atoms with E-state index in [0.29, 0.717) is 6.10 Å². The first-order chi connectivity index (χ1) is 8.38. The van der Waals surface area contributed by atoms with Gasteiger partial charge in [-0.1, -0.05) is 11.2 Å². The molecule has 0 atom stereocenters. The maximum atomic E-state index is 8.64. The summed E-state index contributed by atoms with van der Waals surface area (Å²) in [6, 6.07) is 4.01. The maximum absolute atomic E-state index is 8.64. The Balaban J connectivity index is 1.66. The van der Waals surface area contributed by atoms with Crippen molar-refractivity contribution >= 4 is 5.71 Å². The highest BCUT2D eigenvalue weighted by Crippen LogP contribution is 2.19. The molecule has 1 N–H and O–H groups in total. The van der Waals surface area contributed by atoms with Gasteiger partial charge >= 0.3 is 0 Å². The minimum atomic E-state index is 0.317. The molecule has 1 aliphatic rings. The van der Waals surface area contributed by atoms with Crippen molar-refractivity contribution in [2.24, 2.45) is 5.16 Å². The summed E-state index contributed by atoms with van der Waals surface area (Å²) in [5.41, 5.74) is 2.11. The smallest absolute Gasteiger partial charge is 0.0582 e. The van der Waals surface area contributed by atoms with E-state index in [2.05, 4.69) is 16.2 Å². The number of ether oxygens (including phenoxy) is 1. The molecule has 1 aromatic rings. The fraction of sp³-hybridized carbons (Fsp3) is 0.538. The van der Waals surface area contributed by atoms with Crippen LogP contribution in [0.15, 0.2) is 29.7 Å². The summed E-state index contributed by atoms with van der Waals surface area (Å²) in [6.45, 7) is 0.738. The summed E-state index contributed by atoms with van der Waals surface area (Å²) in [5.74, 6) is 0. The lowest BCUT2D eigenvalue weighted by Crippen LogP contribution is -2.22. The van der Waals surface area contributed by atoms with Gasteiger partial charge in [0.25, 0.3) is 0 Å². The SMILES string of the molecule is ON=C1CCC(OCCc2cccnc2)CC1. The molecule has 92 valence electrons. The van der Waals surface area contributed by atoms with Crippen LogP contribution in [0.2, 0.25) is 0 Å². The van der Waals surface area contributed by atoms with Crippen LogP contribution in [-0.2, 0) is 11.2 Å². The molecule has 1 aromatic heterocycles. The van der Waals surface area contributed by atoms with E-state index < -0.39 is 0 Å². The highest BCUT2D eigenvalue weighted by Gasteiger charge is 2.18. The molecule has 0 aliphatic heterocycles. The number of aromatic nitrogens is 1. The lowest BCUT2D eigenvalue weighted by atomic mass is 9.96. The summed E-state index contributed by atoms with van der Waals surface area (Å²) in [7, 11) is 0. The van der Waals surface area contributed by atoms with Crippen LogP contribution in [0.4, 0.5) is 0 Å². The van der Waals surface area contributed by atoms with E-state index in [4.69, 9.17) is 9.94 Å². The van der Waals surface area contributed by atoms with Crippen molar-refractivity contribution in [2.45, 2.75) is 38.2 Å². The number of rotatable bonds is 4. The number of pyridine rings is 1. The van der Waals surface area contributed by atoms with Crippen molar-refractivity contribution in [1.29, 1.82) is 0 Å². The highest BCUT2D eigenvalue weighted by atomic mass is 16.5. The molecule has 0 bridgehead atoms. The van der Waals surface area contributed by atoms with E-state index in [-0.39, 0.29) is 0 Å². The van der Waals surface area contributed by atoms with Crippen LogP contribution in [0.3, 0.4) is 0 Å². The summed E-state index contributed by atoms with van der Waals surface area (Å²) < 4.78 is 5.82. The van der Waals surface area contributed by atoms with Crippen LogP contribution in [0.1, 0.15) is 31.2 Å². The van der Waals surface area contributed by atoms with Gasteiger partial charge in [-0.25, -0.2) is 0 Å². The molecule has 0 amide bonds. The summed E-state index contributed by atoms with van der Waals surface area (Å²) in [6.07, 6.45) is 8.52. The topological polar surface area (TPSA) is 54.7 Å². The average Bonchev–Trinajstić information content (AvgIpc) is 2.41. The molecule has 0 unspecified atom stereocenters. The molecule has 1 aliphatic carbocycles. The predicted molar refractivity (Wildman–Crippen MR) is 65.4 cm³/mol. The van der Waals surface area contributed by atoms with E-state index in [1.54, 1.807) is 6.20 Å². The number of oxime groups is 1. The van der Waals surface area contributed by atoms with Crippen LogP contribution >= 0.6 is 0 Å². The van der Waals surface area contributed by atoms with Gasteiger partial charge in [-0.05, 0) is 43.7 Å². The zero-order valence-electron chi connectivity index (χ0n) is 9.88. The van der Waals surface area contributed by atoms with Gasteiger partial charge in [-0.3, -0.25) is 4.98 Å². The highest BCUT2D eigenvalue weighted by molar-refractivity contribution is 5.84. The Labute approximate surface area is 101 Å². The van der Waals surface area contributed by atoms with E-state index in [1.807, 2.05) is 12.3 Å². The molecule has 1 heterocycles. The van der Waals surface area contributed by atoms with Gasteiger partial charge in [0.2, 0.25) is 0 Å². The van der Waals surface area contributed by atoms with Crippen molar-refractivity contribution in [3.8, 4) is 0 Å². The zero-order chi connectivity index (χ0) is 11.9. The first-order valence-electron chi connectivity index (χ1n) is 6.09. The van der Waals surface area contributed by atoms with E-state index >= 15 is 0 Å². The van der Waals surface area contributed by atoms with Crippen LogP contribution < -0.4 is 0 Å². The second-order valence-corrected chi connectivity index (χ2v) is 4.35. The van der Waals surface area contributed by atoms with Crippen molar-refractivity contribution in [2.75, 3.05) is 6.61 Å². The van der Waals surface area contributed by atoms with Crippen LogP contribution in [-0.4, -0.2) is 28.6 Å². The largest absolute Gasteiger partial charge is 0.411 e. The molecule has 2 rings (SSSR count). The molecule has 0 spiro atoms. The predicted octanol–water partition coefficient (Wildman–Crippen LogP) is 2.41. The first kappa shape index (κ1) is 12.0.